The molecule has 3 rings (SSSR count). The highest BCUT2D eigenvalue weighted by Crippen LogP contribution is 2.15. The Balaban J connectivity index is 1.88. The molecule has 184 valence electrons. The van der Waals surface area contributed by atoms with Gasteiger partial charge in [-0.05, 0) is 12.0 Å². The topological polar surface area (TPSA) is 154 Å². The van der Waals surface area contributed by atoms with Crippen molar-refractivity contribution in [3.05, 3.63) is 54.1 Å². The number of hydrogen-bond acceptors (Lipinski definition) is 8. The number of imidazole rings is 1. The van der Waals surface area contributed by atoms with Crippen LogP contribution in [0.2, 0.25) is 0 Å². The SMILES string of the molecule is N[C@H](Cc1c[nH]cn1)C(=O)N(C(=O)CCCO)[C@H](Cc1ccccc1)C(=O)NN1CCOCC1. The van der Waals surface area contributed by atoms with Crippen molar-refractivity contribution in [2.75, 3.05) is 32.9 Å². The van der Waals surface area contributed by atoms with E-state index in [4.69, 9.17) is 10.5 Å². The van der Waals surface area contributed by atoms with E-state index in [1.54, 1.807) is 11.2 Å². The molecule has 1 aromatic carbocycles. The lowest BCUT2D eigenvalue weighted by molar-refractivity contribution is -0.154. The number of ether oxygens (including phenoxy) is 1. The Morgan fingerprint density at radius 1 is 1.21 bits per heavy atom. The summed E-state index contributed by atoms with van der Waals surface area (Å²) in [5.41, 5.74) is 10.4. The van der Waals surface area contributed by atoms with E-state index >= 15 is 0 Å². The molecule has 11 heteroatoms. The first-order valence-electron chi connectivity index (χ1n) is 11.4. The fourth-order valence-corrected chi connectivity index (χ4v) is 3.74. The average Bonchev–Trinajstić information content (AvgIpc) is 3.36. The first kappa shape index (κ1) is 25.5. The number of carbonyl (C=O) groups excluding carboxylic acids is 3. The highest BCUT2D eigenvalue weighted by molar-refractivity contribution is 6.02. The summed E-state index contributed by atoms with van der Waals surface area (Å²) in [6.45, 7) is 1.71. The Morgan fingerprint density at radius 2 is 1.94 bits per heavy atom. The van der Waals surface area contributed by atoms with E-state index in [2.05, 4.69) is 15.4 Å². The molecule has 5 N–H and O–H groups in total. The van der Waals surface area contributed by atoms with Crippen LogP contribution in [0.15, 0.2) is 42.9 Å². The van der Waals surface area contributed by atoms with Crippen LogP contribution < -0.4 is 11.2 Å². The van der Waals surface area contributed by atoms with Crippen LogP contribution in [0.5, 0.6) is 0 Å². The molecule has 2 atom stereocenters. The monoisotopic (exact) mass is 472 g/mol. The van der Waals surface area contributed by atoms with Gasteiger partial charge in [-0.3, -0.25) is 24.7 Å². The van der Waals surface area contributed by atoms with Crippen molar-refractivity contribution >= 4 is 17.7 Å². The van der Waals surface area contributed by atoms with Crippen molar-refractivity contribution in [3.8, 4) is 0 Å². The zero-order chi connectivity index (χ0) is 24.3. The molecule has 1 aliphatic heterocycles. The summed E-state index contributed by atoms with van der Waals surface area (Å²) in [7, 11) is 0. The van der Waals surface area contributed by atoms with Crippen LogP contribution in [0.25, 0.3) is 0 Å². The first-order valence-corrected chi connectivity index (χ1v) is 11.4. The number of hydrogen-bond donors (Lipinski definition) is 4. The molecule has 1 aromatic heterocycles. The Labute approximate surface area is 198 Å². The minimum absolute atomic E-state index is 0.0898. The van der Waals surface area contributed by atoms with Crippen LogP contribution in [0.1, 0.15) is 24.1 Å². The number of benzene rings is 1. The van der Waals surface area contributed by atoms with Gasteiger partial charge in [0.25, 0.3) is 5.91 Å². The fourth-order valence-electron chi connectivity index (χ4n) is 3.74. The summed E-state index contributed by atoms with van der Waals surface area (Å²) < 4.78 is 5.33. The molecule has 11 nitrogen and oxygen atoms in total. The van der Waals surface area contributed by atoms with Crippen LogP contribution >= 0.6 is 0 Å². The summed E-state index contributed by atoms with van der Waals surface area (Å²) in [6.07, 6.45) is 3.41. The van der Waals surface area contributed by atoms with Crippen molar-refractivity contribution in [3.63, 3.8) is 0 Å². The fraction of sp³-hybridized carbons (Fsp3) is 0.478. The molecule has 0 aliphatic carbocycles. The predicted octanol–water partition coefficient (Wildman–Crippen LogP) is -0.618. The van der Waals surface area contributed by atoms with Crippen LogP contribution in [0, 0.1) is 0 Å². The lowest BCUT2D eigenvalue weighted by Crippen LogP contribution is -2.60. The molecular formula is C23H32N6O5. The molecule has 3 amide bonds. The smallest absolute Gasteiger partial charge is 0.257 e. The Morgan fingerprint density at radius 3 is 2.59 bits per heavy atom. The number of carbonyl (C=O) groups is 3. The summed E-state index contributed by atoms with van der Waals surface area (Å²) in [6, 6.07) is 6.98. The van der Waals surface area contributed by atoms with Crippen molar-refractivity contribution in [2.45, 2.75) is 37.8 Å². The van der Waals surface area contributed by atoms with Crippen molar-refractivity contribution in [1.82, 2.24) is 25.3 Å². The lowest BCUT2D eigenvalue weighted by Gasteiger charge is -2.34. The molecular weight excluding hydrogens is 440 g/mol. The minimum Gasteiger partial charge on any atom is -0.396 e. The lowest BCUT2D eigenvalue weighted by atomic mass is 10.0. The molecule has 0 spiro atoms. The number of aliphatic hydroxyl groups is 1. The van der Waals surface area contributed by atoms with Gasteiger partial charge in [0.05, 0.1) is 31.3 Å². The molecule has 0 unspecified atom stereocenters. The third-order valence-corrected chi connectivity index (χ3v) is 5.52. The number of amides is 3. The van der Waals surface area contributed by atoms with Gasteiger partial charge in [-0.1, -0.05) is 30.3 Å². The van der Waals surface area contributed by atoms with Crippen LogP contribution in [-0.2, 0) is 32.0 Å². The molecule has 0 bridgehead atoms. The number of H-pyrrole nitrogens is 1. The largest absolute Gasteiger partial charge is 0.396 e. The summed E-state index contributed by atoms with van der Waals surface area (Å²) in [5, 5.41) is 10.9. The van der Waals surface area contributed by atoms with Gasteiger partial charge < -0.3 is 20.6 Å². The van der Waals surface area contributed by atoms with Gasteiger partial charge in [0.1, 0.15) is 6.04 Å². The normalized spacial score (nSPS) is 15.9. The number of morpholine rings is 1. The number of aromatic amines is 1. The van der Waals surface area contributed by atoms with E-state index < -0.39 is 29.8 Å². The summed E-state index contributed by atoms with van der Waals surface area (Å²) in [5.74, 6) is -1.71. The molecule has 2 heterocycles. The van der Waals surface area contributed by atoms with Gasteiger partial charge >= 0.3 is 0 Å². The molecule has 0 saturated carbocycles. The standard InChI is InChI=1S/C23H32N6O5/c24-19(14-18-15-25-16-26-18)23(33)29(21(31)7-4-10-30)20(13-17-5-2-1-3-6-17)22(32)27-28-8-11-34-12-9-28/h1-3,5-6,15-16,19-20,30H,4,7-14,24H2,(H,25,26)(H,27,32)/t19-,20-/m1/s1. The maximum atomic E-state index is 13.5. The van der Waals surface area contributed by atoms with Gasteiger partial charge in [0.15, 0.2) is 0 Å². The number of imide groups is 1. The maximum Gasteiger partial charge on any atom is 0.257 e. The zero-order valence-electron chi connectivity index (χ0n) is 19.1. The van der Waals surface area contributed by atoms with Gasteiger partial charge in [-0.25, -0.2) is 9.99 Å². The number of nitrogens with two attached hydrogens (primary N) is 1. The zero-order valence-corrected chi connectivity index (χ0v) is 19.1. The Kier molecular flexibility index (Phi) is 9.71. The number of aromatic nitrogens is 2. The molecule has 1 aliphatic rings. The van der Waals surface area contributed by atoms with Crippen LogP contribution in [0.3, 0.4) is 0 Å². The third-order valence-electron chi connectivity index (χ3n) is 5.52. The first-order chi connectivity index (χ1) is 16.5. The number of aliphatic hydroxyl groups excluding tert-OH is 1. The van der Waals surface area contributed by atoms with Crippen LogP contribution in [0.4, 0.5) is 0 Å². The van der Waals surface area contributed by atoms with Crippen molar-refractivity contribution in [1.29, 1.82) is 0 Å². The summed E-state index contributed by atoms with van der Waals surface area (Å²) in [4.78, 5) is 48.0. The Hall–Kier alpha value is -3.12. The van der Waals surface area contributed by atoms with E-state index in [1.807, 2.05) is 30.3 Å². The maximum absolute atomic E-state index is 13.5. The number of rotatable bonds is 11. The number of nitrogens with zero attached hydrogens (tertiary/aromatic N) is 3. The van der Waals surface area contributed by atoms with Crippen molar-refractivity contribution in [2.24, 2.45) is 5.73 Å². The second kappa shape index (κ2) is 12.9. The Bertz CT molecular complexity index is 917. The number of hydrazine groups is 1. The molecule has 0 radical (unpaired) electrons. The van der Waals surface area contributed by atoms with Gasteiger partial charge in [-0.15, -0.1) is 0 Å². The second-order valence-corrected chi connectivity index (χ2v) is 8.08. The predicted molar refractivity (Wildman–Crippen MR) is 123 cm³/mol. The van der Waals surface area contributed by atoms with Gasteiger partial charge in [0, 0.05) is 45.2 Å². The highest BCUT2D eigenvalue weighted by atomic mass is 16.5. The van der Waals surface area contributed by atoms with Crippen molar-refractivity contribution < 1.29 is 24.2 Å². The van der Waals surface area contributed by atoms with Crippen LogP contribution in [-0.4, -0.2) is 87.7 Å². The minimum atomic E-state index is -1.12. The average molecular weight is 473 g/mol. The van der Waals surface area contributed by atoms with E-state index in [-0.39, 0.29) is 32.3 Å². The summed E-state index contributed by atoms with van der Waals surface area (Å²) >= 11 is 0. The van der Waals surface area contributed by atoms with Gasteiger partial charge in [0.2, 0.25) is 11.8 Å². The highest BCUT2D eigenvalue weighted by Gasteiger charge is 2.37. The van der Waals surface area contributed by atoms with E-state index in [0.29, 0.717) is 32.0 Å². The molecule has 34 heavy (non-hydrogen) atoms. The molecule has 1 saturated heterocycles. The molecule has 1 fully saturated rings. The van der Waals surface area contributed by atoms with Gasteiger partial charge in [-0.2, -0.15) is 0 Å². The molecule has 2 aromatic rings. The van der Waals surface area contributed by atoms with E-state index in [9.17, 15) is 19.5 Å². The van der Waals surface area contributed by atoms with E-state index in [0.717, 1.165) is 10.5 Å². The van der Waals surface area contributed by atoms with E-state index in [1.165, 1.54) is 6.33 Å². The quantitative estimate of drug-likeness (QED) is 0.337. The second-order valence-electron chi connectivity index (χ2n) is 8.08. The third kappa shape index (κ3) is 7.19. The number of nitrogens with one attached hydrogen (secondary N) is 2.